The molecule has 3 rings (SSSR count). The van der Waals surface area contributed by atoms with Gasteiger partial charge in [-0.1, -0.05) is 24.3 Å². The largest absolute Gasteiger partial charge is 0.316 e. The molecule has 0 fully saturated rings. The zero-order valence-electron chi connectivity index (χ0n) is 10.8. The smallest absolute Gasteiger partial charge is 0.138 e. The predicted octanol–water partition coefficient (Wildman–Crippen LogP) is 1.29. The fourth-order valence-electron chi connectivity index (χ4n) is 2.80. The SMILES string of the molecule is CNC(Cc1ncnn1C)C1Cc2ccccc21. The number of fused-ring (bicyclic) bond motifs is 1. The minimum Gasteiger partial charge on any atom is -0.316 e. The van der Waals surface area contributed by atoms with Crippen LogP contribution in [-0.2, 0) is 19.9 Å². The summed E-state index contributed by atoms with van der Waals surface area (Å²) in [5.41, 5.74) is 2.97. The summed E-state index contributed by atoms with van der Waals surface area (Å²) in [6.07, 6.45) is 3.71. The zero-order chi connectivity index (χ0) is 12.5. The van der Waals surface area contributed by atoms with Crippen LogP contribution in [0.3, 0.4) is 0 Å². The van der Waals surface area contributed by atoms with Crippen molar-refractivity contribution in [2.75, 3.05) is 7.05 Å². The van der Waals surface area contributed by atoms with E-state index in [-0.39, 0.29) is 0 Å². The molecular weight excluding hydrogens is 224 g/mol. The molecule has 1 aliphatic carbocycles. The second-order valence-corrected chi connectivity index (χ2v) is 4.91. The third-order valence-electron chi connectivity index (χ3n) is 3.96. The van der Waals surface area contributed by atoms with E-state index in [1.807, 2.05) is 18.8 Å². The zero-order valence-corrected chi connectivity index (χ0v) is 10.8. The van der Waals surface area contributed by atoms with Gasteiger partial charge in [0.25, 0.3) is 0 Å². The number of likely N-dealkylation sites (N-methyl/N-ethyl adjacent to an activating group) is 1. The van der Waals surface area contributed by atoms with E-state index in [0.29, 0.717) is 12.0 Å². The molecule has 1 N–H and O–H groups in total. The Bertz CT molecular complexity index is 546. The van der Waals surface area contributed by atoms with Crippen molar-refractivity contribution in [3.05, 3.63) is 47.5 Å². The van der Waals surface area contributed by atoms with Gasteiger partial charge in [-0.2, -0.15) is 5.10 Å². The maximum absolute atomic E-state index is 4.31. The fourth-order valence-corrected chi connectivity index (χ4v) is 2.80. The molecule has 1 aromatic heterocycles. The highest BCUT2D eigenvalue weighted by Crippen LogP contribution is 2.37. The van der Waals surface area contributed by atoms with Crippen LogP contribution in [0.4, 0.5) is 0 Å². The Kier molecular flexibility index (Phi) is 2.88. The van der Waals surface area contributed by atoms with Crippen molar-refractivity contribution in [3.63, 3.8) is 0 Å². The van der Waals surface area contributed by atoms with Crippen molar-refractivity contribution in [2.45, 2.75) is 24.8 Å². The molecule has 0 radical (unpaired) electrons. The lowest BCUT2D eigenvalue weighted by atomic mass is 9.72. The number of rotatable bonds is 4. The Balaban J connectivity index is 1.77. The Morgan fingerprint density at radius 1 is 1.44 bits per heavy atom. The van der Waals surface area contributed by atoms with Crippen LogP contribution < -0.4 is 5.32 Å². The van der Waals surface area contributed by atoms with E-state index in [2.05, 4.69) is 39.7 Å². The van der Waals surface area contributed by atoms with Crippen molar-refractivity contribution in [1.82, 2.24) is 20.1 Å². The van der Waals surface area contributed by atoms with Crippen LogP contribution in [0.5, 0.6) is 0 Å². The Labute approximate surface area is 107 Å². The Morgan fingerprint density at radius 2 is 2.28 bits per heavy atom. The first-order chi connectivity index (χ1) is 8.79. The molecule has 0 saturated heterocycles. The van der Waals surface area contributed by atoms with E-state index in [1.165, 1.54) is 17.5 Å². The minimum absolute atomic E-state index is 0.433. The summed E-state index contributed by atoms with van der Waals surface area (Å²) in [7, 11) is 3.98. The summed E-state index contributed by atoms with van der Waals surface area (Å²) in [5, 5.41) is 7.56. The first kappa shape index (κ1) is 11.4. The molecule has 2 atom stereocenters. The van der Waals surface area contributed by atoms with Gasteiger partial charge in [-0.3, -0.25) is 4.68 Å². The van der Waals surface area contributed by atoms with E-state index >= 15 is 0 Å². The second kappa shape index (κ2) is 4.53. The van der Waals surface area contributed by atoms with Gasteiger partial charge < -0.3 is 5.32 Å². The quantitative estimate of drug-likeness (QED) is 0.878. The molecule has 0 saturated carbocycles. The maximum atomic E-state index is 4.31. The summed E-state index contributed by atoms with van der Waals surface area (Å²) in [6.45, 7) is 0. The predicted molar refractivity (Wildman–Crippen MR) is 70.4 cm³/mol. The van der Waals surface area contributed by atoms with Gasteiger partial charge in [-0.05, 0) is 24.6 Å². The Morgan fingerprint density at radius 3 is 2.94 bits per heavy atom. The van der Waals surface area contributed by atoms with Crippen molar-refractivity contribution in [2.24, 2.45) is 7.05 Å². The second-order valence-electron chi connectivity index (χ2n) is 4.91. The van der Waals surface area contributed by atoms with Crippen molar-refractivity contribution in [1.29, 1.82) is 0 Å². The minimum atomic E-state index is 0.433. The molecule has 2 unspecified atom stereocenters. The molecule has 4 nitrogen and oxygen atoms in total. The number of hydrogen-bond donors (Lipinski definition) is 1. The van der Waals surface area contributed by atoms with E-state index < -0.39 is 0 Å². The number of nitrogens with one attached hydrogen (secondary N) is 1. The van der Waals surface area contributed by atoms with Crippen molar-refractivity contribution < 1.29 is 0 Å². The molecule has 1 heterocycles. The monoisotopic (exact) mass is 242 g/mol. The molecule has 0 spiro atoms. The van der Waals surface area contributed by atoms with Gasteiger partial charge in [0.2, 0.25) is 0 Å². The first-order valence-electron chi connectivity index (χ1n) is 6.37. The highest BCUT2D eigenvalue weighted by molar-refractivity contribution is 5.41. The molecule has 0 amide bonds. The van der Waals surface area contributed by atoms with Gasteiger partial charge in [0.05, 0.1) is 0 Å². The molecule has 94 valence electrons. The van der Waals surface area contributed by atoms with Crippen LogP contribution in [-0.4, -0.2) is 27.9 Å². The first-order valence-corrected chi connectivity index (χ1v) is 6.37. The molecule has 18 heavy (non-hydrogen) atoms. The molecule has 0 aliphatic heterocycles. The summed E-state index contributed by atoms with van der Waals surface area (Å²) in [6, 6.07) is 9.14. The summed E-state index contributed by atoms with van der Waals surface area (Å²) in [4.78, 5) is 4.31. The summed E-state index contributed by atoms with van der Waals surface area (Å²) >= 11 is 0. The fraction of sp³-hybridized carbons (Fsp3) is 0.429. The summed E-state index contributed by atoms with van der Waals surface area (Å²) in [5.74, 6) is 1.64. The number of aryl methyl sites for hydroxylation is 1. The van der Waals surface area contributed by atoms with Crippen LogP contribution in [0.25, 0.3) is 0 Å². The van der Waals surface area contributed by atoms with Crippen molar-refractivity contribution in [3.8, 4) is 0 Å². The third-order valence-corrected chi connectivity index (χ3v) is 3.96. The number of benzene rings is 1. The lowest BCUT2D eigenvalue weighted by molar-refractivity contribution is 0.411. The summed E-state index contributed by atoms with van der Waals surface area (Å²) < 4.78 is 1.86. The maximum Gasteiger partial charge on any atom is 0.138 e. The third kappa shape index (κ3) is 1.82. The van der Waals surface area contributed by atoms with Crippen LogP contribution in [0.1, 0.15) is 22.9 Å². The van der Waals surface area contributed by atoms with Crippen molar-refractivity contribution >= 4 is 0 Å². The molecule has 1 aliphatic rings. The topological polar surface area (TPSA) is 42.7 Å². The lowest BCUT2D eigenvalue weighted by Crippen LogP contribution is -2.40. The van der Waals surface area contributed by atoms with Gasteiger partial charge in [0, 0.05) is 25.4 Å². The average Bonchev–Trinajstić information content (AvgIpc) is 2.75. The van der Waals surface area contributed by atoms with E-state index in [0.717, 1.165) is 12.2 Å². The number of hydrogen-bond acceptors (Lipinski definition) is 3. The van der Waals surface area contributed by atoms with Crippen LogP contribution in [0.2, 0.25) is 0 Å². The van der Waals surface area contributed by atoms with Gasteiger partial charge >= 0.3 is 0 Å². The molecular formula is C14H18N4. The molecule has 0 bridgehead atoms. The standard InChI is InChI=1S/C14H18N4/c1-15-13(8-14-16-9-17-18(14)2)12-7-10-5-3-4-6-11(10)12/h3-6,9,12-13,15H,7-8H2,1-2H3. The van der Waals surface area contributed by atoms with Gasteiger partial charge in [-0.15, -0.1) is 0 Å². The highest BCUT2D eigenvalue weighted by Gasteiger charge is 2.32. The normalized spacial score (nSPS) is 19.1. The highest BCUT2D eigenvalue weighted by atomic mass is 15.3. The Hall–Kier alpha value is -1.68. The average molecular weight is 242 g/mol. The van der Waals surface area contributed by atoms with Crippen LogP contribution in [0, 0.1) is 0 Å². The van der Waals surface area contributed by atoms with Gasteiger partial charge in [0.1, 0.15) is 12.2 Å². The molecule has 4 heteroatoms. The molecule has 2 aromatic rings. The lowest BCUT2D eigenvalue weighted by Gasteiger charge is -2.36. The van der Waals surface area contributed by atoms with E-state index in [9.17, 15) is 0 Å². The molecule has 1 aromatic carbocycles. The van der Waals surface area contributed by atoms with Gasteiger partial charge in [-0.25, -0.2) is 4.98 Å². The number of nitrogens with zero attached hydrogens (tertiary/aromatic N) is 3. The number of aromatic nitrogens is 3. The van der Waals surface area contributed by atoms with E-state index in [1.54, 1.807) is 6.33 Å². The van der Waals surface area contributed by atoms with Crippen LogP contribution >= 0.6 is 0 Å². The van der Waals surface area contributed by atoms with Gasteiger partial charge in [0.15, 0.2) is 0 Å². The van der Waals surface area contributed by atoms with Crippen LogP contribution in [0.15, 0.2) is 30.6 Å². The van der Waals surface area contributed by atoms with E-state index in [4.69, 9.17) is 0 Å².